The molecule has 6 nitrogen and oxygen atoms in total. The minimum absolute atomic E-state index is 0. The Morgan fingerprint density at radius 3 is 2.58 bits per heavy atom. The summed E-state index contributed by atoms with van der Waals surface area (Å²) < 4.78 is 5.38. The smallest absolute Gasteiger partial charge is 0.191 e. The van der Waals surface area contributed by atoms with E-state index < -0.39 is 0 Å². The van der Waals surface area contributed by atoms with Gasteiger partial charge in [-0.1, -0.05) is 30.3 Å². The second kappa shape index (κ2) is 13.3. The Morgan fingerprint density at radius 2 is 1.92 bits per heavy atom. The molecule has 0 aromatic heterocycles. The van der Waals surface area contributed by atoms with Crippen LogP contribution in [0.2, 0.25) is 0 Å². The number of nitrogens with one attached hydrogen (secondary N) is 2. The van der Waals surface area contributed by atoms with Gasteiger partial charge in [0.05, 0.1) is 13.2 Å². The lowest BCUT2D eigenvalue weighted by atomic mass is 10.2. The summed E-state index contributed by atoms with van der Waals surface area (Å²) in [7, 11) is 3.98. The Bertz CT molecular complexity index is 508. The third kappa shape index (κ3) is 8.66. The van der Waals surface area contributed by atoms with E-state index in [2.05, 4.69) is 69.7 Å². The van der Waals surface area contributed by atoms with E-state index in [1.54, 1.807) is 0 Å². The predicted molar refractivity (Wildman–Crippen MR) is 119 cm³/mol. The molecule has 2 N–H and O–H groups in total. The summed E-state index contributed by atoms with van der Waals surface area (Å²) in [5, 5.41) is 6.83. The zero-order valence-corrected chi connectivity index (χ0v) is 18.6. The highest BCUT2D eigenvalue weighted by atomic mass is 127. The summed E-state index contributed by atoms with van der Waals surface area (Å²) in [6.07, 6.45) is 0. The quantitative estimate of drug-likeness (QED) is 0.340. The van der Waals surface area contributed by atoms with Crippen molar-refractivity contribution in [3.8, 4) is 0 Å². The Labute approximate surface area is 175 Å². The van der Waals surface area contributed by atoms with Crippen molar-refractivity contribution < 1.29 is 4.74 Å². The highest BCUT2D eigenvalue weighted by Crippen LogP contribution is 2.05. The molecule has 0 radical (unpaired) electrons. The van der Waals surface area contributed by atoms with Gasteiger partial charge in [0, 0.05) is 52.4 Å². The van der Waals surface area contributed by atoms with Gasteiger partial charge in [-0.15, -0.1) is 24.0 Å². The fraction of sp³-hybridized carbons (Fsp3) is 0.632. The van der Waals surface area contributed by atoms with Crippen molar-refractivity contribution in [3.63, 3.8) is 0 Å². The number of rotatable bonds is 8. The zero-order valence-electron chi connectivity index (χ0n) is 16.3. The molecule has 0 bridgehead atoms. The average Bonchev–Trinajstić information content (AvgIpc) is 2.65. The van der Waals surface area contributed by atoms with Crippen LogP contribution in [0.25, 0.3) is 0 Å². The van der Waals surface area contributed by atoms with E-state index in [-0.39, 0.29) is 24.0 Å². The summed E-state index contributed by atoms with van der Waals surface area (Å²) in [6.45, 7) is 9.70. The van der Waals surface area contributed by atoms with Gasteiger partial charge in [0.15, 0.2) is 5.96 Å². The number of nitrogens with zero attached hydrogens (tertiary/aromatic N) is 3. The minimum atomic E-state index is 0. The second-order valence-electron chi connectivity index (χ2n) is 6.58. The number of halogens is 1. The van der Waals surface area contributed by atoms with Gasteiger partial charge in [-0.25, -0.2) is 0 Å². The Hall–Kier alpha value is -0.900. The SMILES string of the molecule is CN=C(NCCN1CCOCC1)NCC(C)N(C)Cc1ccccc1.I. The number of hydrogen-bond acceptors (Lipinski definition) is 4. The highest BCUT2D eigenvalue weighted by molar-refractivity contribution is 14.0. The van der Waals surface area contributed by atoms with Gasteiger partial charge in [0.25, 0.3) is 0 Å². The third-order valence-electron chi connectivity index (χ3n) is 4.64. The van der Waals surface area contributed by atoms with Gasteiger partial charge in [-0.2, -0.15) is 0 Å². The summed E-state index contributed by atoms with van der Waals surface area (Å²) >= 11 is 0. The highest BCUT2D eigenvalue weighted by Gasteiger charge is 2.12. The van der Waals surface area contributed by atoms with E-state index in [0.29, 0.717) is 6.04 Å². The number of morpholine rings is 1. The van der Waals surface area contributed by atoms with Gasteiger partial charge in [-0.05, 0) is 19.5 Å². The summed E-state index contributed by atoms with van der Waals surface area (Å²) in [6, 6.07) is 11.0. The molecule has 0 saturated carbocycles. The van der Waals surface area contributed by atoms with Crippen LogP contribution in [0.5, 0.6) is 0 Å². The molecule has 2 rings (SSSR count). The molecule has 1 aromatic carbocycles. The van der Waals surface area contributed by atoms with E-state index in [4.69, 9.17) is 4.74 Å². The predicted octanol–water partition coefficient (Wildman–Crippen LogP) is 1.62. The topological polar surface area (TPSA) is 52.1 Å². The van der Waals surface area contributed by atoms with Crippen molar-refractivity contribution in [2.45, 2.75) is 19.5 Å². The summed E-state index contributed by atoms with van der Waals surface area (Å²) in [5.41, 5.74) is 1.34. The molecule has 1 atom stereocenters. The van der Waals surface area contributed by atoms with Crippen molar-refractivity contribution in [1.29, 1.82) is 0 Å². The second-order valence-corrected chi connectivity index (χ2v) is 6.58. The fourth-order valence-electron chi connectivity index (χ4n) is 2.81. The fourth-order valence-corrected chi connectivity index (χ4v) is 2.81. The summed E-state index contributed by atoms with van der Waals surface area (Å²) in [4.78, 5) is 9.09. The lowest BCUT2D eigenvalue weighted by molar-refractivity contribution is 0.0389. The number of likely N-dealkylation sites (N-methyl/N-ethyl adjacent to an activating group) is 1. The normalized spacial score (nSPS) is 16.8. The maximum Gasteiger partial charge on any atom is 0.191 e. The maximum absolute atomic E-state index is 5.38. The van der Waals surface area contributed by atoms with Gasteiger partial charge in [-0.3, -0.25) is 14.8 Å². The Balaban J connectivity index is 0.00000338. The lowest BCUT2D eigenvalue weighted by Gasteiger charge is -2.27. The van der Waals surface area contributed by atoms with E-state index in [0.717, 1.165) is 58.4 Å². The molecule has 1 aromatic rings. The monoisotopic (exact) mass is 475 g/mol. The van der Waals surface area contributed by atoms with Crippen LogP contribution < -0.4 is 10.6 Å². The van der Waals surface area contributed by atoms with Gasteiger partial charge in [0.1, 0.15) is 0 Å². The molecule has 26 heavy (non-hydrogen) atoms. The minimum Gasteiger partial charge on any atom is -0.379 e. The number of guanidine groups is 1. The molecule has 0 amide bonds. The van der Waals surface area contributed by atoms with Crippen molar-refractivity contribution in [2.75, 3.05) is 60.0 Å². The van der Waals surface area contributed by atoms with Gasteiger partial charge < -0.3 is 15.4 Å². The number of aliphatic imine (C=N–C) groups is 1. The number of ether oxygens (including phenoxy) is 1. The van der Waals surface area contributed by atoms with Crippen LogP contribution in [0.1, 0.15) is 12.5 Å². The molecule has 148 valence electrons. The first-order valence-electron chi connectivity index (χ1n) is 9.18. The molecule has 1 aliphatic rings. The van der Waals surface area contributed by atoms with Crippen LogP contribution in [0.4, 0.5) is 0 Å². The van der Waals surface area contributed by atoms with Crippen LogP contribution in [-0.2, 0) is 11.3 Å². The Morgan fingerprint density at radius 1 is 1.23 bits per heavy atom. The van der Waals surface area contributed by atoms with E-state index in [9.17, 15) is 0 Å². The molecule has 0 spiro atoms. The molecule has 1 aliphatic heterocycles. The van der Waals surface area contributed by atoms with Crippen LogP contribution in [-0.4, -0.2) is 81.8 Å². The van der Waals surface area contributed by atoms with E-state index >= 15 is 0 Å². The molecule has 1 heterocycles. The first-order chi connectivity index (χ1) is 12.2. The van der Waals surface area contributed by atoms with Crippen LogP contribution in [0.15, 0.2) is 35.3 Å². The molecule has 1 saturated heterocycles. The largest absolute Gasteiger partial charge is 0.379 e. The average molecular weight is 475 g/mol. The van der Waals surface area contributed by atoms with Crippen LogP contribution in [0, 0.1) is 0 Å². The summed E-state index contributed by atoms with van der Waals surface area (Å²) in [5.74, 6) is 0.869. The van der Waals surface area contributed by atoms with E-state index in [1.807, 2.05) is 7.05 Å². The third-order valence-corrected chi connectivity index (χ3v) is 4.64. The molecular weight excluding hydrogens is 441 g/mol. The molecule has 0 aliphatic carbocycles. The lowest BCUT2D eigenvalue weighted by Crippen LogP contribution is -2.47. The van der Waals surface area contributed by atoms with E-state index in [1.165, 1.54) is 5.56 Å². The first kappa shape index (κ1) is 23.1. The first-order valence-corrected chi connectivity index (χ1v) is 9.18. The molecule has 7 heteroatoms. The van der Waals surface area contributed by atoms with Gasteiger partial charge >= 0.3 is 0 Å². The van der Waals surface area contributed by atoms with Crippen LogP contribution in [0.3, 0.4) is 0 Å². The van der Waals surface area contributed by atoms with Crippen molar-refractivity contribution >= 4 is 29.9 Å². The van der Waals surface area contributed by atoms with Crippen molar-refractivity contribution in [1.82, 2.24) is 20.4 Å². The Kier molecular flexibility index (Phi) is 11.8. The van der Waals surface area contributed by atoms with Crippen molar-refractivity contribution in [3.05, 3.63) is 35.9 Å². The maximum atomic E-state index is 5.38. The molecule has 1 fully saturated rings. The van der Waals surface area contributed by atoms with Crippen LogP contribution >= 0.6 is 24.0 Å². The van der Waals surface area contributed by atoms with Crippen molar-refractivity contribution in [2.24, 2.45) is 4.99 Å². The zero-order chi connectivity index (χ0) is 17.9. The standard InChI is InChI=1S/C19H33N5O.HI/c1-17(23(3)16-18-7-5-4-6-8-18)15-22-19(20-2)21-9-10-24-11-13-25-14-12-24;/h4-8,17H,9-16H2,1-3H3,(H2,20,21,22);1H. The van der Waals surface area contributed by atoms with Gasteiger partial charge in [0.2, 0.25) is 0 Å². The number of benzene rings is 1. The molecular formula is C19H34IN5O. The molecule has 1 unspecified atom stereocenters. The number of hydrogen-bond donors (Lipinski definition) is 2.